The second-order valence-electron chi connectivity index (χ2n) is 6.63. The molecule has 0 aliphatic rings. The zero-order valence-corrected chi connectivity index (χ0v) is 17.1. The standard InChI is InChI=1S/C24H22N2O5/c1-16(31-19-8-4-3-5-9-19)22(27)25-18-14-12-17(13-15-18)23(28)26-21-11-7-6-10-20(21)24(29)30-2/h3-16H,1-2H3,(H,25,27)(H,26,28). The van der Waals surface area contributed by atoms with Crippen molar-refractivity contribution >= 4 is 29.2 Å². The molecule has 2 amide bonds. The fourth-order valence-corrected chi connectivity index (χ4v) is 2.78. The highest BCUT2D eigenvalue weighted by atomic mass is 16.5. The summed E-state index contributed by atoms with van der Waals surface area (Å²) in [6.45, 7) is 1.66. The highest BCUT2D eigenvalue weighted by Crippen LogP contribution is 2.18. The number of amides is 2. The van der Waals surface area contributed by atoms with E-state index in [1.54, 1.807) is 67.6 Å². The molecule has 31 heavy (non-hydrogen) atoms. The number of carbonyl (C=O) groups is 3. The Morgan fingerprint density at radius 1 is 0.806 bits per heavy atom. The van der Waals surface area contributed by atoms with Gasteiger partial charge in [-0.15, -0.1) is 0 Å². The third kappa shape index (κ3) is 5.70. The highest BCUT2D eigenvalue weighted by molar-refractivity contribution is 6.08. The van der Waals surface area contributed by atoms with Crippen molar-refractivity contribution in [1.82, 2.24) is 0 Å². The smallest absolute Gasteiger partial charge is 0.339 e. The van der Waals surface area contributed by atoms with Crippen LogP contribution in [0.4, 0.5) is 11.4 Å². The van der Waals surface area contributed by atoms with E-state index in [4.69, 9.17) is 9.47 Å². The van der Waals surface area contributed by atoms with Crippen molar-refractivity contribution in [3.63, 3.8) is 0 Å². The number of ether oxygens (including phenoxy) is 2. The molecule has 0 aromatic heterocycles. The first-order valence-electron chi connectivity index (χ1n) is 9.59. The monoisotopic (exact) mass is 418 g/mol. The average Bonchev–Trinajstić information content (AvgIpc) is 2.80. The Labute approximate surface area is 180 Å². The van der Waals surface area contributed by atoms with Crippen molar-refractivity contribution < 1.29 is 23.9 Å². The Kier molecular flexibility index (Phi) is 7.01. The van der Waals surface area contributed by atoms with Gasteiger partial charge < -0.3 is 20.1 Å². The van der Waals surface area contributed by atoms with Crippen LogP contribution in [0.1, 0.15) is 27.6 Å². The summed E-state index contributed by atoms with van der Waals surface area (Å²) in [6, 6.07) is 22.0. The molecule has 158 valence electrons. The van der Waals surface area contributed by atoms with E-state index >= 15 is 0 Å². The van der Waals surface area contributed by atoms with Gasteiger partial charge in [0.25, 0.3) is 11.8 Å². The number of hydrogen-bond donors (Lipinski definition) is 2. The van der Waals surface area contributed by atoms with Crippen molar-refractivity contribution in [2.75, 3.05) is 17.7 Å². The molecule has 0 aliphatic heterocycles. The predicted molar refractivity (Wildman–Crippen MR) is 117 cm³/mol. The summed E-state index contributed by atoms with van der Waals surface area (Å²) in [6.07, 6.45) is -0.694. The fraction of sp³-hybridized carbons (Fsp3) is 0.125. The Hall–Kier alpha value is -4.13. The molecule has 0 bridgehead atoms. The summed E-state index contributed by atoms with van der Waals surface area (Å²) in [5, 5.41) is 5.45. The van der Waals surface area contributed by atoms with Gasteiger partial charge in [0.15, 0.2) is 6.10 Å². The number of benzene rings is 3. The van der Waals surface area contributed by atoms with Crippen LogP contribution in [0.2, 0.25) is 0 Å². The Balaban J connectivity index is 1.62. The van der Waals surface area contributed by atoms with Crippen LogP contribution in [0.3, 0.4) is 0 Å². The zero-order chi connectivity index (χ0) is 22.2. The van der Waals surface area contributed by atoms with Gasteiger partial charge in [0.2, 0.25) is 0 Å². The third-order valence-corrected chi connectivity index (χ3v) is 4.42. The number of methoxy groups -OCH3 is 1. The maximum atomic E-state index is 12.6. The second-order valence-corrected chi connectivity index (χ2v) is 6.63. The zero-order valence-electron chi connectivity index (χ0n) is 17.1. The van der Waals surface area contributed by atoms with E-state index in [2.05, 4.69) is 10.6 Å². The summed E-state index contributed by atoms with van der Waals surface area (Å²) < 4.78 is 10.3. The molecular weight excluding hydrogens is 396 g/mol. The number of anilines is 2. The van der Waals surface area contributed by atoms with Gasteiger partial charge in [0, 0.05) is 11.3 Å². The molecule has 0 heterocycles. The van der Waals surface area contributed by atoms with Crippen LogP contribution in [0.15, 0.2) is 78.9 Å². The van der Waals surface area contributed by atoms with Gasteiger partial charge in [0.1, 0.15) is 5.75 Å². The van der Waals surface area contributed by atoms with E-state index in [0.29, 0.717) is 22.7 Å². The molecule has 0 saturated heterocycles. The molecule has 3 aromatic rings. The van der Waals surface area contributed by atoms with E-state index < -0.39 is 18.0 Å². The van der Waals surface area contributed by atoms with Gasteiger partial charge in [0.05, 0.1) is 18.4 Å². The highest BCUT2D eigenvalue weighted by Gasteiger charge is 2.16. The van der Waals surface area contributed by atoms with Crippen molar-refractivity contribution in [3.05, 3.63) is 90.0 Å². The number of carbonyl (C=O) groups excluding carboxylic acids is 3. The predicted octanol–water partition coefficient (Wildman–Crippen LogP) is 4.13. The number of esters is 1. The van der Waals surface area contributed by atoms with Gasteiger partial charge in [-0.25, -0.2) is 4.79 Å². The molecule has 0 saturated carbocycles. The number of nitrogens with one attached hydrogen (secondary N) is 2. The molecule has 0 fully saturated rings. The topological polar surface area (TPSA) is 93.7 Å². The van der Waals surface area contributed by atoms with Crippen LogP contribution in [-0.4, -0.2) is 31.0 Å². The summed E-state index contributed by atoms with van der Waals surface area (Å²) in [5.41, 5.74) is 1.50. The first-order valence-corrected chi connectivity index (χ1v) is 9.59. The van der Waals surface area contributed by atoms with Gasteiger partial charge in [-0.1, -0.05) is 30.3 Å². The van der Waals surface area contributed by atoms with Crippen LogP contribution in [0.25, 0.3) is 0 Å². The van der Waals surface area contributed by atoms with Crippen molar-refractivity contribution in [2.45, 2.75) is 13.0 Å². The molecular formula is C24H22N2O5. The van der Waals surface area contributed by atoms with E-state index in [0.717, 1.165) is 0 Å². The molecule has 0 spiro atoms. The largest absolute Gasteiger partial charge is 0.481 e. The summed E-state index contributed by atoms with van der Waals surface area (Å²) >= 11 is 0. The minimum atomic E-state index is -0.694. The van der Waals surface area contributed by atoms with Crippen molar-refractivity contribution in [3.8, 4) is 5.75 Å². The van der Waals surface area contributed by atoms with Gasteiger partial charge in [-0.3, -0.25) is 9.59 Å². The van der Waals surface area contributed by atoms with Gasteiger partial charge in [-0.2, -0.15) is 0 Å². The lowest BCUT2D eigenvalue weighted by molar-refractivity contribution is -0.122. The van der Waals surface area contributed by atoms with Gasteiger partial charge in [-0.05, 0) is 55.5 Å². The van der Waals surface area contributed by atoms with Crippen LogP contribution in [0, 0.1) is 0 Å². The van der Waals surface area contributed by atoms with Gasteiger partial charge >= 0.3 is 5.97 Å². The molecule has 0 aliphatic carbocycles. The van der Waals surface area contributed by atoms with Crippen molar-refractivity contribution in [1.29, 1.82) is 0 Å². The third-order valence-electron chi connectivity index (χ3n) is 4.42. The number of para-hydroxylation sites is 2. The normalized spacial score (nSPS) is 11.2. The molecule has 3 rings (SSSR count). The summed E-state index contributed by atoms with van der Waals surface area (Å²) in [5.74, 6) is -0.645. The van der Waals surface area contributed by atoms with Crippen LogP contribution in [0.5, 0.6) is 5.75 Å². The van der Waals surface area contributed by atoms with E-state index in [9.17, 15) is 14.4 Å². The Morgan fingerprint density at radius 2 is 1.45 bits per heavy atom. The quantitative estimate of drug-likeness (QED) is 0.563. The lowest BCUT2D eigenvalue weighted by Crippen LogP contribution is -2.30. The number of hydrogen-bond acceptors (Lipinski definition) is 5. The first kappa shape index (κ1) is 21.6. The SMILES string of the molecule is COC(=O)c1ccccc1NC(=O)c1ccc(NC(=O)C(C)Oc2ccccc2)cc1. The molecule has 3 aromatic carbocycles. The van der Waals surface area contributed by atoms with E-state index in [1.165, 1.54) is 7.11 Å². The van der Waals surface area contributed by atoms with E-state index in [-0.39, 0.29) is 11.5 Å². The lowest BCUT2D eigenvalue weighted by atomic mass is 10.1. The molecule has 7 heteroatoms. The Morgan fingerprint density at radius 3 is 2.13 bits per heavy atom. The lowest BCUT2D eigenvalue weighted by Gasteiger charge is -2.15. The molecule has 7 nitrogen and oxygen atoms in total. The summed E-state index contributed by atoms with van der Waals surface area (Å²) in [4.78, 5) is 36.7. The van der Waals surface area contributed by atoms with Crippen LogP contribution in [-0.2, 0) is 9.53 Å². The minimum Gasteiger partial charge on any atom is -0.481 e. The summed E-state index contributed by atoms with van der Waals surface area (Å²) in [7, 11) is 1.28. The maximum Gasteiger partial charge on any atom is 0.339 e. The second kappa shape index (κ2) is 10.1. The average molecular weight is 418 g/mol. The maximum absolute atomic E-state index is 12.6. The molecule has 0 radical (unpaired) electrons. The molecule has 1 atom stereocenters. The molecule has 1 unspecified atom stereocenters. The minimum absolute atomic E-state index is 0.259. The van der Waals surface area contributed by atoms with Crippen molar-refractivity contribution in [2.24, 2.45) is 0 Å². The Bertz CT molecular complexity index is 1060. The molecule has 2 N–H and O–H groups in total. The number of rotatable bonds is 7. The van der Waals surface area contributed by atoms with E-state index in [1.807, 2.05) is 18.2 Å². The first-order chi connectivity index (χ1) is 15.0. The fourth-order valence-electron chi connectivity index (χ4n) is 2.78. The van der Waals surface area contributed by atoms with Crippen LogP contribution < -0.4 is 15.4 Å². The van der Waals surface area contributed by atoms with Crippen LogP contribution >= 0.6 is 0 Å².